The minimum atomic E-state index is -0.660. The summed E-state index contributed by atoms with van der Waals surface area (Å²) in [7, 11) is 0. The molecule has 0 bridgehead atoms. The van der Waals surface area contributed by atoms with Crippen LogP contribution >= 0.6 is 0 Å². The molecule has 0 saturated carbocycles. The maximum Gasteiger partial charge on any atom is 0.325 e. The van der Waals surface area contributed by atoms with Crippen molar-refractivity contribution in [1.29, 1.82) is 0 Å². The van der Waals surface area contributed by atoms with Gasteiger partial charge in [-0.05, 0) is 37.1 Å². The highest BCUT2D eigenvalue weighted by molar-refractivity contribution is 5.96. The number of benzene rings is 2. The van der Waals surface area contributed by atoms with Crippen molar-refractivity contribution in [2.75, 3.05) is 26.2 Å². The number of hydrogen-bond donors (Lipinski definition) is 1. The summed E-state index contributed by atoms with van der Waals surface area (Å²) in [6.45, 7) is 4.07. The second kappa shape index (κ2) is 10.0. The van der Waals surface area contributed by atoms with Gasteiger partial charge in [-0.3, -0.25) is 14.4 Å². The molecule has 1 N–H and O–H groups in total. The summed E-state index contributed by atoms with van der Waals surface area (Å²) in [6, 6.07) is 16.9. The number of nitrogens with zero attached hydrogens (tertiary/aromatic N) is 1. The Kier molecular flexibility index (Phi) is 7.19. The summed E-state index contributed by atoms with van der Waals surface area (Å²) in [6.07, 6.45) is -0.109. The molecule has 0 unspecified atom stereocenters. The average molecular weight is 410 g/mol. The summed E-state index contributed by atoms with van der Waals surface area (Å²) in [5, 5.41) is 2.52. The molecule has 0 aromatic heterocycles. The molecular weight excluding hydrogens is 384 g/mol. The van der Waals surface area contributed by atoms with E-state index in [0.717, 1.165) is 11.1 Å². The van der Waals surface area contributed by atoms with E-state index in [-0.39, 0.29) is 37.2 Å². The molecule has 1 aliphatic heterocycles. The summed E-state index contributed by atoms with van der Waals surface area (Å²) in [5.41, 5.74) is 2.49. The van der Waals surface area contributed by atoms with Crippen LogP contribution in [0.25, 0.3) is 11.1 Å². The molecule has 2 amide bonds. The van der Waals surface area contributed by atoms with E-state index in [1.165, 1.54) is 0 Å². The van der Waals surface area contributed by atoms with Gasteiger partial charge in [0.2, 0.25) is 0 Å². The van der Waals surface area contributed by atoms with Crippen LogP contribution < -0.4 is 5.32 Å². The first-order valence-electron chi connectivity index (χ1n) is 9.95. The van der Waals surface area contributed by atoms with Gasteiger partial charge in [-0.25, -0.2) is 0 Å². The zero-order chi connectivity index (χ0) is 21.5. The van der Waals surface area contributed by atoms with Crippen LogP contribution in [0.1, 0.15) is 24.2 Å². The average Bonchev–Trinajstić information content (AvgIpc) is 2.75. The van der Waals surface area contributed by atoms with Crippen molar-refractivity contribution in [2.24, 2.45) is 0 Å². The molecule has 1 fully saturated rings. The smallest absolute Gasteiger partial charge is 0.325 e. The maximum atomic E-state index is 12.2. The van der Waals surface area contributed by atoms with E-state index in [9.17, 15) is 14.4 Å². The van der Waals surface area contributed by atoms with E-state index in [0.29, 0.717) is 18.7 Å². The first-order valence-corrected chi connectivity index (χ1v) is 9.95. The number of amides is 2. The standard InChI is InChI=1S/C23H26N2O5/c1-16-13-25(14-17(2)30-16)21(26)15-29-22(27)12-24-23(28)20-10-8-19(9-11-20)18-6-4-3-5-7-18/h3-11,16-17H,12-15H2,1-2H3,(H,24,28)/t16-,17-/m1/s1. The summed E-state index contributed by atoms with van der Waals surface area (Å²) < 4.78 is 10.6. The Bertz CT molecular complexity index is 872. The molecule has 1 saturated heterocycles. The fourth-order valence-corrected chi connectivity index (χ4v) is 3.37. The van der Waals surface area contributed by atoms with E-state index < -0.39 is 5.97 Å². The van der Waals surface area contributed by atoms with Gasteiger partial charge in [0.1, 0.15) is 6.54 Å². The Balaban J connectivity index is 1.43. The molecule has 2 atom stereocenters. The second-order valence-corrected chi connectivity index (χ2v) is 7.34. The lowest BCUT2D eigenvalue weighted by Crippen LogP contribution is -2.49. The van der Waals surface area contributed by atoms with Gasteiger partial charge in [0, 0.05) is 18.7 Å². The molecule has 1 heterocycles. The molecule has 0 radical (unpaired) electrons. The van der Waals surface area contributed by atoms with E-state index >= 15 is 0 Å². The Morgan fingerprint density at radius 3 is 2.20 bits per heavy atom. The third kappa shape index (κ3) is 5.90. The lowest BCUT2D eigenvalue weighted by atomic mass is 10.0. The number of hydrogen-bond acceptors (Lipinski definition) is 5. The second-order valence-electron chi connectivity index (χ2n) is 7.34. The van der Waals surface area contributed by atoms with Crippen molar-refractivity contribution in [3.63, 3.8) is 0 Å². The van der Waals surface area contributed by atoms with Crippen molar-refractivity contribution < 1.29 is 23.9 Å². The molecule has 0 spiro atoms. The van der Waals surface area contributed by atoms with Crippen molar-refractivity contribution in [1.82, 2.24) is 10.2 Å². The quantitative estimate of drug-likeness (QED) is 0.739. The molecule has 3 rings (SSSR count). The van der Waals surface area contributed by atoms with Gasteiger partial charge in [-0.1, -0.05) is 42.5 Å². The number of carbonyl (C=O) groups is 3. The molecule has 7 heteroatoms. The van der Waals surface area contributed by atoms with Crippen LogP contribution in [0.3, 0.4) is 0 Å². The minimum absolute atomic E-state index is 0.0547. The van der Waals surface area contributed by atoms with Gasteiger partial charge in [0.15, 0.2) is 6.61 Å². The number of morpholine rings is 1. The van der Waals surface area contributed by atoms with Crippen LogP contribution in [0.4, 0.5) is 0 Å². The monoisotopic (exact) mass is 410 g/mol. The number of nitrogens with one attached hydrogen (secondary N) is 1. The van der Waals surface area contributed by atoms with Crippen molar-refractivity contribution in [2.45, 2.75) is 26.1 Å². The first-order chi connectivity index (χ1) is 14.4. The highest BCUT2D eigenvalue weighted by Crippen LogP contribution is 2.19. The van der Waals surface area contributed by atoms with Gasteiger partial charge in [-0.2, -0.15) is 0 Å². The summed E-state index contributed by atoms with van der Waals surface area (Å²) in [5.74, 6) is -1.31. The molecule has 7 nitrogen and oxygen atoms in total. The van der Waals surface area contributed by atoms with Crippen LogP contribution in [-0.4, -0.2) is 61.1 Å². The van der Waals surface area contributed by atoms with Gasteiger partial charge in [0.05, 0.1) is 12.2 Å². The van der Waals surface area contributed by atoms with Crippen LogP contribution in [-0.2, 0) is 19.1 Å². The first kappa shape index (κ1) is 21.5. The van der Waals surface area contributed by atoms with Crippen molar-refractivity contribution in [3.8, 4) is 11.1 Å². The van der Waals surface area contributed by atoms with Crippen molar-refractivity contribution in [3.05, 3.63) is 60.2 Å². The van der Waals surface area contributed by atoms with Crippen LogP contribution in [0.5, 0.6) is 0 Å². The van der Waals surface area contributed by atoms with Gasteiger partial charge in [-0.15, -0.1) is 0 Å². The fourth-order valence-electron chi connectivity index (χ4n) is 3.37. The molecule has 30 heavy (non-hydrogen) atoms. The Hall–Kier alpha value is -3.19. The molecule has 2 aromatic carbocycles. The number of esters is 1. The van der Waals surface area contributed by atoms with Crippen molar-refractivity contribution >= 4 is 17.8 Å². The SMILES string of the molecule is C[C@@H]1CN(C(=O)COC(=O)CNC(=O)c2ccc(-c3ccccc3)cc2)C[C@@H](C)O1. The third-order valence-corrected chi connectivity index (χ3v) is 4.78. The van der Waals surface area contributed by atoms with Crippen LogP contribution in [0.2, 0.25) is 0 Å². The van der Waals surface area contributed by atoms with Crippen LogP contribution in [0.15, 0.2) is 54.6 Å². The summed E-state index contributed by atoms with van der Waals surface area (Å²) in [4.78, 5) is 38.0. The lowest BCUT2D eigenvalue weighted by molar-refractivity contribution is -0.156. The van der Waals surface area contributed by atoms with E-state index in [2.05, 4.69) is 5.32 Å². The molecular formula is C23H26N2O5. The number of rotatable bonds is 6. The zero-order valence-corrected chi connectivity index (χ0v) is 17.2. The van der Waals surface area contributed by atoms with Gasteiger partial charge in [0.25, 0.3) is 11.8 Å². The Labute approximate surface area is 176 Å². The number of carbonyl (C=O) groups excluding carboxylic acids is 3. The van der Waals surface area contributed by atoms with Gasteiger partial charge < -0.3 is 19.7 Å². The van der Waals surface area contributed by atoms with Gasteiger partial charge >= 0.3 is 5.97 Å². The number of ether oxygens (including phenoxy) is 2. The predicted molar refractivity (Wildman–Crippen MR) is 112 cm³/mol. The largest absolute Gasteiger partial charge is 0.454 e. The Morgan fingerprint density at radius 1 is 0.967 bits per heavy atom. The highest BCUT2D eigenvalue weighted by Gasteiger charge is 2.26. The van der Waals surface area contributed by atoms with E-state index in [4.69, 9.17) is 9.47 Å². The predicted octanol–water partition coefficient (Wildman–Crippen LogP) is 2.26. The Morgan fingerprint density at radius 2 is 1.57 bits per heavy atom. The normalized spacial score (nSPS) is 18.5. The molecule has 1 aliphatic rings. The zero-order valence-electron chi connectivity index (χ0n) is 17.2. The lowest BCUT2D eigenvalue weighted by Gasteiger charge is -2.35. The molecule has 158 valence electrons. The maximum absolute atomic E-state index is 12.2. The topological polar surface area (TPSA) is 84.9 Å². The third-order valence-electron chi connectivity index (χ3n) is 4.78. The van der Waals surface area contributed by atoms with E-state index in [1.807, 2.05) is 56.3 Å². The molecule has 2 aromatic rings. The summed E-state index contributed by atoms with van der Waals surface area (Å²) >= 11 is 0. The van der Waals surface area contributed by atoms with E-state index in [1.54, 1.807) is 17.0 Å². The molecule has 0 aliphatic carbocycles. The van der Waals surface area contributed by atoms with Crippen LogP contribution in [0, 0.1) is 0 Å². The highest BCUT2D eigenvalue weighted by atomic mass is 16.5. The minimum Gasteiger partial charge on any atom is -0.454 e. The fraction of sp³-hybridized carbons (Fsp3) is 0.348.